The minimum atomic E-state index is 0. The molecule has 0 saturated heterocycles. The van der Waals surface area contributed by atoms with Crippen LogP contribution in [0.5, 0.6) is 11.5 Å². The third-order valence-corrected chi connectivity index (χ3v) is 4.08. The fraction of sp³-hybridized carbons (Fsp3) is 0.400. The molecule has 0 N–H and O–H groups in total. The molecule has 0 fully saturated rings. The van der Waals surface area contributed by atoms with Crippen molar-refractivity contribution in [3.8, 4) is 11.5 Å². The Hall–Kier alpha value is -1.04. The average molecular weight is 411 g/mol. The normalized spacial score (nSPS) is 12.3. The molecule has 0 heterocycles. The van der Waals surface area contributed by atoms with Crippen molar-refractivity contribution in [1.82, 2.24) is 0 Å². The van der Waals surface area contributed by atoms with Crippen LogP contribution in [0.3, 0.4) is 0 Å². The largest absolute Gasteiger partial charge is 2.00 e. The van der Waals surface area contributed by atoms with Crippen LogP contribution in [0.1, 0.15) is 63.5 Å². The molecule has 2 aromatic carbocycles. The van der Waals surface area contributed by atoms with Gasteiger partial charge in [0.1, 0.15) is 0 Å². The monoisotopic (exact) mass is 412 g/mol. The standard InChI is InChI=1S/2C10H14O.Cd/c2*1-3-8(2)9-5-4-6-10(11)7-9;/h2*4-8,11H,3H2,1-2H3;/q;;+2/p-2. The van der Waals surface area contributed by atoms with Gasteiger partial charge >= 0.3 is 27.3 Å². The van der Waals surface area contributed by atoms with E-state index < -0.39 is 0 Å². The first kappa shape index (κ1) is 22.0. The van der Waals surface area contributed by atoms with Gasteiger partial charge in [0, 0.05) is 0 Å². The molecule has 3 heteroatoms. The zero-order valence-corrected chi connectivity index (χ0v) is 18.7. The Morgan fingerprint density at radius 3 is 1.35 bits per heavy atom. The summed E-state index contributed by atoms with van der Waals surface area (Å²) in [6.45, 7) is 8.52. The maximum Gasteiger partial charge on any atom is 2.00 e. The second-order valence-corrected chi connectivity index (χ2v) is 5.76. The van der Waals surface area contributed by atoms with Crippen LogP contribution in [0.4, 0.5) is 0 Å². The van der Waals surface area contributed by atoms with E-state index in [1.165, 1.54) is 0 Å². The van der Waals surface area contributed by atoms with Gasteiger partial charge in [-0.05, 0) is 35.8 Å². The zero-order chi connectivity index (χ0) is 16.5. The van der Waals surface area contributed by atoms with Crippen LogP contribution >= 0.6 is 0 Å². The Balaban J connectivity index is 0.000000403. The molecule has 0 aliphatic carbocycles. The van der Waals surface area contributed by atoms with Gasteiger partial charge in [-0.15, -0.1) is 11.5 Å². The Morgan fingerprint density at radius 1 is 0.739 bits per heavy atom. The van der Waals surface area contributed by atoms with Gasteiger partial charge in [0.2, 0.25) is 0 Å². The van der Waals surface area contributed by atoms with Crippen molar-refractivity contribution in [2.75, 3.05) is 0 Å². The van der Waals surface area contributed by atoms with Crippen molar-refractivity contribution in [1.29, 1.82) is 0 Å². The molecule has 0 aliphatic heterocycles. The smallest absolute Gasteiger partial charge is 0.872 e. The molecular formula is C20H26CdO2. The van der Waals surface area contributed by atoms with Crippen molar-refractivity contribution < 1.29 is 37.5 Å². The first-order valence-corrected chi connectivity index (χ1v) is 8.01. The van der Waals surface area contributed by atoms with Crippen LogP contribution in [0.2, 0.25) is 0 Å². The van der Waals surface area contributed by atoms with Crippen LogP contribution in [-0.4, -0.2) is 0 Å². The summed E-state index contributed by atoms with van der Waals surface area (Å²) < 4.78 is 0. The molecule has 2 nitrogen and oxygen atoms in total. The van der Waals surface area contributed by atoms with Gasteiger partial charge in [-0.1, -0.05) is 76.2 Å². The van der Waals surface area contributed by atoms with Crippen molar-refractivity contribution in [2.24, 2.45) is 0 Å². The predicted molar refractivity (Wildman–Crippen MR) is 89.2 cm³/mol. The van der Waals surface area contributed by atoms with Crippen molar-refractivity contribution in [2.45, 2.75) is 52.4 Å². The van der Waals surface area contributed by atoms with E-state index >= 15 is 0 Å². The molecule has 0 aromatic heterocycles. The van der Waals surface area contributed by atoms with Gasteiger partial charge < -0.3 is 10.2 Å². The predicted octanol–water partition coefficient (Wildman–Crippen LogP) is 4.54. The third-order valence-electron chi connectivity index (χ3n) is 4.08. The maximum atomic E-state index is 10.9. The summed E-state index contributed by atoms with van der Waals surface area (Å²) >= 11 is 0. The molecule has 120 valence electrons. The Bertz CT molecular complexity index is 518. The summed E-state index contributed by atoms with van der Waals surface area (Å²) in [5.74, 6) is 1.23. The molecule has 0 saturated carbocycles. The average Bonchev–Trinajstić information content (AvgIpc) is 2.54. The number of rotatable bonds is 4. The molecule has 0 aliphatic rings. The molecule has 0 spiro atoms. The summed E-state index contributed by atoms with van der Waals surface area (Å²) in [6.07, 6.45) is 2.17. The molecule has 2 aromatic rings. The van der Waals surface area contributed by atoms with Crippen molar-refractivity contribution >= 4 is 0 Å². The molecule has 0 bridgehead atoms. The molecule has 0 amide bonds. The summed E-state index contributed by atoms with van der Waals surface area (Å²) in [6, 6.07) is 14.3. The second kappa shape index (κ2) is 11.5. The first-order chi connectivity index (χ1) is 10.5. The summed E-state index contributed by atoms with van der Waals surface area (Å²) in [7, 11) is 0. The van der Waals surface area contributed by atoms with Gasteiger partial charge in [-0.3, -0.25) is 0 Å². The molecular weight excluding hydrogens is 385 g/mol. The van der Waals surface area contributed by atoms with E-state index in [1.807, 2.05) is 24.3 Å². The maximum absolute atomic E-state index is 10.9. The van der Waals surface area contributed by atoms with Crippen molar-refractivity contribution in [3.63, 3.8) is 0 Å². The third kappa shape index (κ3) is 7.86. The van der Waals surface area contributed by atoms with Gasteiger partial charge in [-0.25, -0.2) is 0 Å². The van der Waals surface area contributed by atoms with E-state index in [4.69, 9.17) is 0 Å². The van der Waals surface area contributed by atoms with Crippen LogP contribution in [-0.2, 0) is 27.3 Å². The van der Waals surface area contributed by atoms with Gasteiger partial charge in [0.15, 0.2) is 0 Å². The fourth-order valence-corrected chi connectivity index (χ4v) is 2.11. The molecule has 0 radical (unpaired) electrons. The quantitative estimate of drug-likeness (QED) is 0.694. The Morgan fingerprint density at radius 2 is 1.09 bits per heavy atom. The summed E-state index contributed by atoms with van der Waals surface area (Å²) in [4.78, 5) is 0. The van der Waals surface area contributed by atoms with Gasteiger partial charge in [-0.2, -0.15) is 0 Å². The van der Waals surface area contributed by atoms with Gasteiger partial charge in [0.05, 0.1) is 0 Å². The summed E-state index contributed by atoms with van der Waals surface area (Å²) in [5, 5.41) is 21.8. The van der Waals surface area contributed by atoms with Crippen LogP contribution in [0.15, 0.2) is 48.5 Å². The van der Waals surface area contributed by atoms with E-state index in [2.05, 4.69) is 27.7 Å². The van der Waals surface area contributed by atoms with Crippen molar-refractivity contribution in [3.05, 3.63) is 59.7 Å². The molecule has 23 heavy (non-hydrogen) atoms. The van der Waals surface area contributed by atoms with E-state index in [9.17, 15) is 10.2 Å². The summed E-state index contributed by atoms with van der Waals surface area (Å²) in [5.41, 5.74) is 2.31. The Labute approximate surface area is 160 Å². The van der Waals surface area contributed by atoms with Crippen LogP contribution in [0.25, 0.3) is 0 Å². The SMILES string of the molecule is CCC(C)c1cccc([O-])c1.CCC(C)c1cccc([O-])c1.[Cd+2]. The number of hydrogen-bond acceptors (Lipinski definition) is 2. The molecule has 2 unspecified atom stereocenters. The van der Waals surface area contributed by atoms with Gasteiger partial charge in [0.25, 0.3) is 0 Å². The fourth-order valence-electron chi connectivity index (χ4n) is 2.11. The second-order valence-electron chi connectivity index (χ2n) is 5.76. The van der Waals surface area contributed by atoms with Crippen LogP contribution in [0, 0.1) is 0 Å². The minimum Gasteiger partial charge on any atom is -0.872 e. The van der Waals surface area contributed by atoms with E-state index in [-0.39, 0.29) is 38.8 Å². The minimum absolute atomic E-state index is 0. The molecule has 2 atom stereocenters. The Kier molecular flexibility index (Phi) is 11.0. The zero-order valence-electron chi connectivity index (χ0n) is 14.7. The topological polar surface area (TPSA) is 46.1 Å². The number of benzene rings is 2. The first-order valence-electron chi connectivity index (χ1n) is 8.01. The number of hydrogen-bond donors (Lipinski definition) is 0. The van der Waals surface area contributed by atoms with E-state index in [0.29, 0.717) is 11.8 Å². The van der Waals surface area contributed by atoms with Crippen LogP contribution < -0.4 is 10.2 Å². The van der Waals surface area contributed by atoms with E-state index in [0.717, 1.165) is 24.0 Å². The molecule has 2 rings (SSSR count). The van der Waals surface area contributed by atoms with E-state index in [1.54, 1.807) is 24.3 Å².